The van der Waals surface area contributed by atoms with Crippen LogP contribution in [0.2, 0.25) is 0 Å². The lowest BCUT2D eigenvalue weighted by Crippen LogP contribution is -2.44. The van der Waals surface area contributed by atoms with Crippen molar-refractivity contribution in [3.05, 3.63) is 35.4 Å². The maximum absolute atomic E-state index is 12.6. The number of carbonyl (C=O) groups is 2. The number of likely N-dealkylation sites (tertiary alicyclic amines) is 1. The molecule has 1 atom stereocenters. The van der Waals surface area contributed by atoms with Crippen molar-refractivity contribution in [3.63, 3.8) is 0 Å². The Labute approximate surface area is 164 Å². The van der Waals surface area contributed by atoms with Crippen LogP contribution in [0.3, 0.4) is 0 Å². The highest BCUT2D eigenvalue weighted by molar-refractivity contribution is 5.94. The number of unbranched alkanes of at least 4 members (excludes halogenated alkanes) is 2. The first kappa shape index (κ1) is 22.2. The zero-order valence-corrected chi connectivity index (χ0v) is 16.5. The van der Waals surface area contributed by atoms with Gasteiger partial charge in [0.25, 0.3) is 5.91 Å². The number of piperidine rings is 1. The summed E-state index contributed by atoms with van der Waals surface area (Å²) in [6.45, 7) is 5.02. The largest absolute Gasteiger partial charge is 0.416 e. The molecule has 0 aromatic heterocycles. The maximum Gasteiger partial charge on any atom is 0.416 e. The molecule has 2 rings (SSSR count). The first-order valence-corrected chi connectivity index (χ1v) is 9.99. The van der Waals surface area contributed by atoms with Gasteiger partial charge in [-0.05, 0) is 50.5 Å². The smallest absolute Gasteiger partial charge is 0.353 e. The van der Waals surface area contributed by atoms with Crippen molar-refractivity contribution < 1.29 is 22.8 Å². The highest BCUT2D eigenvalue weighted by Crippen LogP contribution is 2.29. The van der Waals surface area contributed by atoms with Crippen LogP contribution in [0, 0.1) is 5.92 Å². The second-order valence-corrected chi connectivity index (χ2v) is 7.55. The van der Waals surface area contributed by atoms with Gasteiger partial charge in [0.15, 0.2) is 0 Å². The predicted octanol–water partition coefficient (Wildman–Crippen LogP) is 4.64. The fourth-order valence-electron chi connectivity index (χ4n) is 3.46. The molecular weight excluding hydrogens is 369 g/mol. The van der Waals surface area contributed by atoms with Gasteiger partial charge in [0.1, 0.15) is 0 Å². The highest BCUT2D eigenvalue weighted by Gasteiger charge is 2.31. The van der Waals surface area contributed by atoms with Crippen molar-refractivity contribution in [2.45, 2.75) is 64.6 Å². The number of rotatable bonds is 7. The van der Waals surface area contributed by atoms with E-state index >= 15 is 0 Å². The van der Waals surface area contributed by atoms with Crippen LogP contribution >= 0.6 is 0 Å². The quantitative estimate of drug-likeness (QED) is 0.680. The minimum Gasteiger partial charge on any atom is -0.353 e. The second kappa shape index (κ2) is 9.94. The summed E-state index contributed by atoms with van der Waals surface area (Å²) >= 11 is 0. The van der Waals surface area contributed by atoms with Gasteiger partial charge in [-0.15, -0.1) is 0 Å². The van der Waals surface area contributed by atoms with Crippen molar-refractivity contribution in [1.29, 1.82) is 0 Å². The van der Waals surface area contributed by atoms with E-state index in [4.69, 9.17) is 0 Å². The van der Waals surface area contributed by atoms with Crippen LogP contribution in [0.4, 0.5) is 13.2 Å². The Kier molecular flexibility index (Phi) is 7.89. The summed E-state index contributed by atoms with van der Waals surface area (Å²) in [6.07, 6.45) is 1.08. The molecule has 1 heterocycles. The molecule has 0 radical (unpaired) electrons. The van der Waals surface area contributed by atoms with Crippen molar-refractivity contribution in [2.75, 3.05) is 13.1 Å². The molecule has 1 aliphatic heterocycles. The molecule has 0 aliphatic carbocycles. The average molecular weight is 398 g/mol. The molecule has 1 unspecified atom stereocenters. The van der Waals surface area contributed by atoms with Gasteiger partial charge in [-0.1, -0.05) is 26.2 Å². The molecule has 1 N–H and O–H groups in total. The Morgan fingerprint density at radius 2 is 1.75 bits per heavy atom. The van der Waals surface area contributed by atoms with E-state index in [1.54, 1.807) is 4.90 Å². The Bertz CT molecular complexity index is 651. The summed E-state index contributed by atoms with van der Waals surface area (Å²) in [5.41, 5.74) is -0.534. The lowest BCUT2D eigenvalue weighted by Gasteiger charge is -2.32. The summed E-state index contributed by atoms with van der Waals surface area (Å²) in [5.74, 6) is -0.378. The van der Waals surface area contributed by atoms with E-state index in [1.165, 1.54) is 12.1 Å². The van der Waals surface area contributed by atoms with E-state index < -0.39 is 11.7 Å². The van der Waals surface area contributed by atoms with Crippen LogP contribution in [0.25, 0.3) is 0 Å². The number of hydrogen-bond acceptors (Lipinski definition) is 2. The molecule has 0 saturated carbocycles. The van der Waals surface area contributed by atoms with Gasteiger partial charge in [-0.3, -0.25) is 9.59 Å². The Hall–Kier alpha value is -2.05. The normalized spacial score (nSPS) is 16.7. The van der Waals surface area contributed by atoms with Gasteiger partial charge in [0.2, 0.25) is 5.91 Å². The standard InChI is InChI=1S/C21H29F3N2O2/c1-3-4-5-6-15(2)25-19(27)16-11-13-26(14-12-16)20(28)17-7-9-18(10-8-17)21(22,23)24/h7-10,15-16H,3-6,11-14H2,1-2H3,(H,25,27). The zero-order valence-electron chi connectivity index (χ0n) is 16.5. The third-order valence-corrected chi connectivity index (χ3v) is 5.24. The van der Waals surface area contributed by atoms with Gasteiger partial charge in [-0.25, -0.2) is 0 Å². The summed E-state index contributed by atoms with van der Waals surface area (Å²) in [6, 6.07) is 4.41. The third kappa shape index (κ3) is 6.24. The predicted molar refractivity (Wildman–Crippen MR) is 102 cm³/mol. The molecule has 28 heavy (non-hydrogen) atoms. The number of benzene rings is 1. The molecule has 156 valence electrons. The number of halogens is 3. The number of amides is 2. The van der Waals surface area contributed by atoms with Crippen LogP contribution < -0.4 is 5.32 Å². The Morgan fingerprint density at radius 1 is 1.14 bits per heavy atom. The lowest BCUT2D eigenvalue weighted by atomic mass is 9.94. The average Bonchev–Trinajstić information content (AvgIpc) is 2.67. The molecule has 2 amide bonds. The molecule has 1 aromatic carbocycles. The first-order chi connectivity index (χ1) is 13.2. The molecule has 1 aromatic rings. The van der Waals surface area contributed by atoms with Gasteiger partial charge >= 0.3 is 6.18 Å². The monoisotopic (exact) mass is 398 g/mol. The molecule has 0 spiro atoms. The van der Waals surface area contributed by atoms with Crippen LogP contribution in [0.5, 0.6) is 0 Å². The Balaban J connectivity index is 1.82. The maximum atomic E-state index is 12.6. The fraction of sp³-hybridized carbons (Fsp3) is 0.619. The third-order valence-electron chi connectivity index (χ3n) is 5.24. The number of hydrogen-bond donors (Lipinski definition) is 1. The number of nitrogens with zero attached hydrogens (tertiary/aromatic N) is 1. The molecule has 7 heteroatoms. The van der Waals surface area contributed by atoms with Gasteiger partial charge in [0.05, 0.1) is 5.56 Å². The summed E-state index contributed by atoms with van der Waals surface area (Å²) < 4.78 is 37.9. The van der Waals surface area contributed by atoms with E-state index in [9.17, 15) is 22.8 Å². The van der Waals surface area contributed by atoms with E-state index in [-0.39, 0.29) is 29.3 Å². The van der Waals surface area contributed by atoms with Gasteiger partial charge < -0.3 is 10.2 Å². The number of alkyl halides is 3. The molecule has 1 saturated heterocycles. The van der Waals surface area contributed by atoms with Crippen molar-refractivity contribution >= 4 is 11.8 Å². The Morgan fingerprint density at radius 3 is 2.29 bits per heavy atom. The minimum atomic E-state index is -4.42. The number of nitrogens with one attached hydrogen (secondary N) is 1. The summed E-state index contributed by atoms with van der Waals surface area (Å²) in [4.78, 5) is 26.5. The summed E-state index contributed by atoms with van der Waals surface area (Å²) in [5, 5.41) is 3.06. The van der Waals surface area contributed by atoms with Crippen molar-refractivity contribution in [3.8, 4) is 0 Å². The minimum absolute atomic E-state index is 0.0330. The van der Waals surface area contributed by atoms with Gasteiger partial charge in [-0.2, -0.15) is 13.2 Å². The van der Waals surface area contributed by atoms with E-state index in [2.05, 4.69) is 12.2 Å². The first-order valence-electron chi connectivity index (χ1n) is 9.99. The van der Waals surface area contributed by atoms with Crippen LogP contribution in [-0.4, -0.2) is 35.8 Å². The fourth-order valence-corrected chi connectivity index (χ4v) is 3.46. The number of carbonyl (C=O) groups excluding carboxylic acids is 2. The van der Waals surface area contributed by atoms with E-state index in [1.807, 2.05) is 6.92 Å². The van der Waals surface area contributed by atoms with Crippen LogP contribution in [0.15, 0.2) is 24.3 Å². The molecule has 1 aliphatic rings. The molecular formula is C21H29F3N2O2. The van der Waals surface area contributed by atoms with E-state index in [0.717, 1.165) is 37.8 Å². The zero-order chi connectivity index (χ0) is 20.7. The van der Waals surface area contributed by atoms with Crippen LogP contribution in [-0.2, 0) is 11.0 Å². The SMILES string of the molecule is CCCCCC(C)NC(=O)C1CCN(C(=O)c2ccc(C(F)(F)F)cc2)CC1. The highest BCUT2D eigenvalue weighted by atomic mass is 19.4. The van der Waals surface area contributed by atoms with Gasteiger partial charge in [0, 0.05) is 30.6 Å². The second-order valence-electron chi connectivity index (χ2n) is 7.55. The molecule has 0 bridgehead atoms. The topological polar surface area (TPSA) is 49.4 Å². The van der Waals surface area contributed by atoms with Crippen molar-refractivity contribution in [2.24, 2.45) is 5.92 Å². The summed E-state index contributed by atoms with van der Waals surface area (Å²) in [7, 11) is 0. The molecule has 4 nitrogen and oxygen atoms in total. The van der Waals surface area contributed by atoms with E-state index in [0.29, 0.717) is 25.9 Å². The molecule has 1 fully saturated rings. The van der Waals surface area contributed by atoms with Crippen LogP contribution in [0.1, 0.15) is 68.3 Å². The van der Waals surface area contributed by atoms with Crippen molar-refractivity contribution in [1.82, 2.24) is 10.2 Å². The lowest BCUT2D eigenvalue weighted by molar-refractivity contribution is -0.137.